The third kappa shape index (κ3) is 27.4. The molecule has 6 nitrogen and oxygen atoms in total. The molecule has 2 rings (SSSR count). The summed E-state index contributed by atoms with van der Waals surface area (Å²) < 4.78 is 11.3. The van der Waals surface area contributed by atoms with Gasteiger partial charge in [-0.1, -0.05) is 193 Å². The molecule has 0 amide bonds. The first-order valence-corrected chi connectivity index (χ1v) is 24.5. The van der Waals surface area contributed by atoms with E-state index in [0.717, 1.165) is 51.4 Å². The van der Waals surface area contributed by atoms with Gasteiger partial charge in [-0.15, -0.1) is 0 Å². The van der Waals surface area contributed by atoms with Crippen molar-refractivity contribution in [1.82, 2.24) is 0 Å². The number of carbonyl (C=O) groups is 2. The molecule has 0 aliphatic heterocycles. The second kappa shape index (κ2) is 33.7. The Labute approximate surface area is 362 Å². The summed E-state index contributed by atoms with van der Waals surface area (Å²) in [4.78, 5) is 25.2. The van der Waals surface area contributed by atoms with Crippen molar-refractivity contribution in [2.24, 2.45) is 5.41 Å². The molecular formula is C53H88O6. The monoisotopic (exact) mass is 821 g/mol. The molecule has 0 saturated carbocycles. The van der Waals surface area contributed by atoms with Crippen LogP contribution < -0.4 is 0 Å². The average molecular weight is 821 g/mol. The molecule has 0 fully saturated rings. The number of unbranched alkanes of at least 4 members (excludes halogenated alkanes) is 20. The molecule has 2 aromatic carbocycles. The highest BCUT2D eigenvalue weighted by molar-refractivity contribution is 5.69. The zero-order valence-electron chi connectivity index (χ0n) is 38.4. The van der Waals surface area contributed by atoms with Crippen molar-refractivity contribution >= 4 is 11.9 Å². The summed E-state index contributed by atoms with van der Waals surface area (Å²) in [6.07, 6.45) is 35.0. The van der Waals surface area contributed by atoms with Crippen LogP contribution >= 0.6 is 0 Å². The molecular weight excluding hydrogens is 733 g/mol. The molecule has 2 unspecified atom stereocenters. The van der Waals surface area contributed by atoms with Gasteiger partial charge in [-0.25, -0.2) is 0 Å². The van der Waals surface area contributed by atoms with E-state index in [1.165, 1.54) is 140 Å². The number of rotatable bonds is 38. The Bertz CT molecular complexity index is 1200. The van der Waals surface area contributed by atoms with Crippen molar-refractivity contribution in [1.29, 1.82) is 0 Å². The van der Waals surface area contributed by atoms with E-state index in [0.29, 0.717) is 36.2 Å². The van der Waals surface area contributed by atoms with Crippen molar-refractivity contribution in [2.75, 3.05) is 13.2 Å². The summed E-state index contributed by atoms with van der Waals surface area (Å²) in [5, 5.41) is 19.6. The molecule has 0 aromatic heterocycles. The number of phenols is 2. The Balaban J connectivity index is 1.59. The second-order valence-electron chi connectivity index (χ2n) is 18.5. The van der Waals surface area contributed by atoms with Crippen molar-refractivity contribution < 1.29 is 29.3 Å². The summed E-state index contributed by atoms with van der Waals surface area (Å²) in [6.45, 7) is 8.95. The Morgan fingerprint density at radius 2 is 0.712 bits per heavy atom. The fourth-order valence-electron chi connectivity index (χ4n) is 8.26. The van der Waals surface area contributed by atoms with E-state index in [-0.39, 0.29) is 25.2 Å². The minimum absolute atomic E-state index is 0.183. The maximum atomic E-state index is 12.6. The standard InChI is InChI=1S/C53H88O6/c1-5-7-9-11-13-15-17-19-23-29-45(47-35-39-49(54)40-36-47)31-25-21-27-33-51(56)58-43-53(3,4)44-59-52(57)34-28-22-26-32-46(48-37-41-50(55)42-38-48)30-24-20-18-16-14-12-10-8-6-2/h35-42,45-46,54-55H,5-34,43-44H2,1-4H3. The van der Waals surface area contributed by atoms with Gasteiger partial charge < -0.3 is 19.7 Å². The van der Waals surface area contributed by atoms with Crippen molar-refractivity contribution in [2.45, 2.75) is 232 Å². The van der Waals surface area contributed by atoms with Crippen LogP contribution in [0.5, 0.6) is 11.5 Å². The van der Waals surface area contributed by atoms with E-state index in [1.807, 2.05) is 13.8 Å². The van der Waals surface area contributed by atoms with E-state index >= 15 is 0 Å². The first-order chi connectivity index (χ1) is 28.6. The molecule has 0 radical (unpaired) electrons. The van der Waals surface area contributed by atoms with Gasteiger partial charge in [0, 0.05) is 18.3 Å². The SMILES string of the molecule is CCCCCCCCCCCC(CCCCCC(=O)OCC(C)(C)COC(=O)CCCCCC(CCCCCCCCCCC)c1ccc(O)cc1)c1ccc(O)cc1. The maximum Gasteiger partial charge on any atom is 0.305 e. The van der Waals surface area contributed by atoms with E-state index < -0.39 is 5.41 Å². The van der Waals surface area contributed by atoms with Crippen LogP contribution in [0.3, 0.4) is 0 Å². The van der Waals surface area contributed by atoms with Crippen molar-refractivity contribution in [3.8, 4) is 11.5 Å². The summed E-state index contributed by atoms with van der Waals surface area (Å²) in [7, 11) is 0. The van der Waals surface area contributed by atoms with Gasteiger partial charge in [0.05, 0.1) is 13.2 Å². The van der Waals surface area contributed by atoms with Gasteiger partial charge in [0.25, 0.3) is 0 Å². The molecule has 2 N–H and O–H groups in total. The van der Waals surface area contributed by atoms with E-state index in [4.69, 9.17) is 9.47 Å². The maximum absolute atomic E-state index is 12.6. The van der Waals surface area contributed by atoms with Crippen LogP contribution in [0.25, 0.3) is 0 Å². The minimum Gasteiger partial charge on any atom is -0.508 e. The fourth-order valence-corrected chi connectivity index (χ4v) is 8.26. The molecule has 6 heteroatoms. The fraction of sp³-hybridized carbons (Fsp3) is 0.736. The first kappa shape index (κ1) is 52.1. The molecule has 0 heterocycles. The average Bonchev–Trinajstić information content (AvgIpc) is 3.23. The number of hydrogen-bond acceptors (Lipinski definition) is 6. The van der Waals surface area contributed by atoms with Crippen LogP contribution in [-0.2, 0) is 19.1 Å². The number of hydrogen-bond donors (Lipinski definition) is 2. The largest absolute Gasteiger partial charge is 0.508 e. The predicted molar refractivity (Wildman–Crippen MR) is 247 cm³/mol. The smallest absolute Gasteiger partial charge is 0.305 e. The van der Waals surface area contributed by atoms with Crippen LogP contribution in [0.4, 0.5) is 0 Å². The lowest BCUT2D eigenvalue weighted by Gasteiger charge is -2.23. The quantitative estimate of drug-likeness (QED) is 0.0518. The van der Waals surface area contributed by atoms with Gasteiger partial charge in [-0.3, -0.25) is 9.59 Å². The van der Waals surface area contributed by atoms with Gasteiger partial charge >= 0.3 is 11.9 Å². The molecule has 0 aliphatic rings. The van der Waals surface area contributed by atoms with Gasteiger partial charge in [0.15, 0.2) is 0 Å². The highest BCUT2D eigenvalue weighted by atomic mass is 16.5. The highest BCUT2D eigenvalue weighted by Gasteiger charge is 2.23. The zero-order chi connectivity index (χ0) is 42.8. The third-order valence-electron chi connectivity index (χ3n) is 12.2. The topological polar surface area (TPSA) is 93.1 Å². The van der Waals surface area contributed by atoms with E-state index in [2.05, 4.69) is 38.1 Å². The van der Waals surface area contributed by atoms with Gasteiger partial charge in [0.1, 0.15) is 11.5 Å². The molecule has 0 saturated heterocycles. The van der Waals surface area contributed by atoms with E-state index in [1.54, 1.807) is 24.3 Å². The van der Waals surface area contributed by atoms with Crippen LogP contribution in [-0.4, -0.2) is 35.4 Å². The molecule has 0 spiro atoms. The number of aromatic hydroxyl groups is 2. The molecule has 2 atom stereocenters. The molecule has 2 aromatic rings. The Hall–Kier alpha value is -3.02. The normalized spacial score (nSPS) is 12.7. The summed E-state index contributed by atoms with van der Waals surface area (Å²) >= 11 is 0. The summed E-state index contributed by atoms with van der Waals surface area (Å²) in [6, 6.07) is 15.5. The summed E-state index contributed by atoms with van der Waals surface area (Å²) in [5.74, 6) is 1.23. The lowest BCUT2D eigenvalue weighted by atomic mass is 9.88. The molecule has 59 heavy (non-hydrogen) atoms. The Morgan fingerprint density at radius 3 is 1.02 bits per heavy atom. The van der Waals surface area contributed by atoms with Gasteiger partial charge in [-0.05, 0) is 85.8 Å². The molecule has 336 valence electrons. The predicted octanol–water partition coefficient (Wildman–Crippen LogP) is 15.8. The lowest BCUT2D eigenvalue weighted by Crippen LogP contribution is -2.28. The molecule has 0 aliphatic carbocycles. The Morgan fingerprint density at radius 1 is 0.441 bits per heavy atom. The lowest BCUT2D eigenvalue weighted by molar-refractivity contribution is -0.152. The third-order valence-corrected chi connectivity index (χ3v) is 12.2. The van der Waals surface area contributed by atoms with Crippen LogP contribution in [0.1, 0.15) is 243 Å². The number of esters is 2. The van der Waals surface area contributed by atoms with Crippen LogP contribution in [0.2, 0.25) is 0 Å². The second-order valence-corrected chi connectivity index (χ2v) is 18.5. The van der Waals surface area contributed by atoms with Gasteiger partial charge in [-0.2, -0.15) is 0 Å². The van der Waals surface area contributed by atoms with Gasteiger partial charge in [0.2, 0.25) is 0 Å². The van der Waals surface area contributed by atoms with Crippen molar-refractivity contribution in [3.05, 3.63) is 59.7 Å². The van der Waals surface area contributed by atoms with Crippen LogP contribution in [0, 0.1) is 5.41 Å². The number of benzene rings is 2. The van der Waals surface area contributed by atoms with Crippen LogP contribution in [0.15, 0.2) is 48.5 Å². The van der Waals surface area contributed by atoms with Crippen molar-refractivity contribution in [3.63, 3.8) is 0 Å². The first-order valence-electron chi connectivity index (χ1n) is 24.5. The van der Waals surface area contributed by atoms with E-state index in [9.17, 15) is 19.8 Å². The number of phenolic OH excluding ortho intramolecular Hbond substituents is 2. The summed E-state index contributed by atoms with van der Waals surface area (Å²) in [5.41, 5.74) is 2.17. The zero-order valence-corrected chi connectivity index (χ0v) is 38.4. The minimum atomic E-state index is -0.440. The number of carbonyl (C=O) groups excluding carboxylic acids is 2. The Kier molecular flexibility index (Phi) is 29.7. The molecule has 0 bridgehead atoms. The highest BCUT2D eigenvalue weighted by Crippen LogP contribution is 2.31. The number of ether oxygens (including phenoxy) is 2.